The lowest BCUT2D eigenvalue weighted by Crippen LogP contribution is -1.97. The second-order valence-corrected chi connectivity index (χ2v) is 4.44. The Balaban J connectivity index is 2.98. The second-order valence-electron chi connectivity index (χ2n) is 2.37. The molecule has 0 amide bonds. The topological polar surface area (TPSA) is 34.1 Å². The van der Waals surface area contributed by atoms with E-state index in [-0.39, 0.29) is 14.1 Å². The Morgan fingerprint density at radius 1 is 1.46 bits per heavy atom. The Labute approximate surface area is 83.9 Å². The van der Waals surface area contributed by atoms with Gasteiger partial charge in [0.25, 0.3) is 0 Å². The molecular weight excluding hydrogens is 203 g/mol. The number of thiol groups is 1. The summed E-state index contributed by atoms with van der Waals surface area (Å²) < 4.78 is 0. The highest BCUT2D eigenvalue weighted by Gasteiger charge is 2.08. The van der Waals surface area contributed by atoms with Gasteiger partial charge in [0.1, 0.15) is 0 Å². The molecular formula is C9H9O2PS. The van der Waals surface area contributed by atoms with Gasteiger partial charge < -0.3 is 0 Å². The van der Waals surface area contributed by atoms with E-state index in [1.54, 1.807) is 24.3 Å². The molecule has 0 spiro atoms. The van der Waals surface area contributed by atoms with Gasteiger partial charge in [-0.15, -0.1) is 0 Å². The first-order valence-electron chi connectivity index (χ1n) is 3.73. The zero-order chi connectivity index (χ0) is 9.68. The normalized spacial score (nSPS) is 10.5. The third-order valence-corrected chi connectivity index (χ3v) is 2.79. The van der Waals surface area contributed by atoms with Crippen LogP contribution in [0.3, 0.4) is 0 Å². The van der Waals surface area contributed by atoms with Crippen LogP contribution in [0.4, 0.5) is 0 Å². The Bertz CT molecular complexity index is 325. The van der Waals surface area contributed by atoms with Crippen LogP contribution in [0.25, 0.3) is 0 Å². The van der Waals surface area contributed by atoms with E-state index in [1.807, 2.05) is 0 Å². The standard InChI is InChI=1S/C9H9O2PS/c10-5-7-3-1-2-4-8(7)9(11)12-6-13/h1-5,12-13H,6H2. The molecule has 2 nitrogen and oxygen atoms in total. The summed E-state index contributed by atoms with van der Waals surface area (Å²) in [7, 11) is 0.132. The molecule has 1 rings (SSSR count). The maximum absolute atomic E-state index is 11.4. The van der Waals surface area contributed by atoms with E-state index in [0.29, 0.717) is 22.9 Å². The number of rotatable bonds is 4. The van der Waals surface area contributed by atoms with Crippen LogP contribution in [-0.2, 0) is 0 Å². The lowest BCUT2D eigenvalue weighted by atomic mass is 10.1. The number of hydrogen-bond donors (Lipinski definition) is 1. The van der Waals surface area contributed by atoms with Crippen molar-refractivity contribution < 1.29 is 9.59 Å². The fraction of sp³-hybridized carbons (Fsp3) is 0.111. The zero-order valence-corrected chi connectivity index (χ0v) is 8.75. The van der Waals surface area contributed by atoms with Crippen molar-refractivity contribution in [1.82, 2.24) is 0 Å². The minimum Gasteiger partial charge on any atom is -0.298 e. The first kappa shape index (κ1) is 10.4. The van der Waals surface area contributed by atoms with Gasteiger partial charge in [0.15, 0.2) is 11.8 Å². The molecule has 0 fully saturated rings. The van der Waals surface area contributed by atoms with E-state index in [4.69, 9.17) is 0 Å². The van der Waals surface area contributed by atoms with Gasteiger partial charge in [-0.05, 0) is 8.58 Å². The SMILES string of the molecule is O=Cc1ccccc1C(=O)PCS. The molecule has 68 valence electrons. The van der Waals surface area contributed by atoms with Crippen LogP contribution in [-0.4, -0.2) is 17.3 Å². The summed E-state index contributed by atoms with van der Waals surface area (Å²) in [5.74, 6) is 0. The van der Waals surface area contributed by atoms with Crippen LogP contribution in [0.15, 0.2) is 24.3 Å². The minimum absolute atomic E-state index is 0.00213. The van der Waals surface area contributed by atoms with Crippen molar-refractivity contribution in [2.45, 2.75) is 0 Å². The van der Waals surface area contributed by atoms with Gasteiger partial charge in [0.05, 0.1) is 0 Å². The molecule has 0 radical (unpaired) electrons. The third-order valence-electron chi connectivity index (χ3n) is 1.57. The molecule has 13 heavy (non-hydrogen) atoms. The van der Waals surface area contributed by atoms with Crippen LogP contribution in [0, 0.1) is 0 Å². The molecule has 1 atom stereocenters. The zero-order valence-electron chi connectivity index (χ0n) is 6.86. The average molecular weight is 212 g/mol. The highest BCUT2D eigenvalue weighted by molar-refractivity contribution is 7.89. The highest BCUT2D eigenvalue weighted by Crippen LogP contribution is 2.21. The van der Waals surface area contributed by atoms with Crippen molar-refractivity contribution in [3.63, 3.8) is 0 Å². The summed E-state index contributed by atoms with van der Waals surface area (Å²) in [5, 5.41) is 0. The molecule has 0 saturated carbocycles. The van der Waals surface area contributed by atoms with E-state index in [9.17, 15) is 9.59 Å². The smallest absolute Gasteiger partial charge is 0.182 e. The Hall–Kier alpha value is -0.660. The van der Waals surface area contributed by atoms with Crippen molar-refractivity contribution in [3.8, 4) is 0 Å². The van der Waals surface area contributed by atoms with E-state index < -0.39 is 0 Å². The molecule has 1 aromatic carbocycles. The molecule has 0 aliphatic heterocycles. The van der Waals surface area contributed by atoms with Crippen molar-refractivity contribution in [1.29, 1.82) is 0 Å². The van der Waals surface area contributed by atoms with Gasteiger partial charge in [0, 0.05) is 16.6 Å². The summed E-state index contributed by atoms with van der Waals surface area (Å²) in [6, 6.07) is 6.80. The maximum Gasteiger partial charge on any atom is 0.182 e. The first-order valence-corrected chi connectivity index (χ1v) is 5.57. The van der Waals surface area contributed by atoms with Crippen LogP contribution < -0.4 is 0 Å². The fourth-order valence-corrected chi connectivity index (χ4v) is 1.97. The monoisotopic (exact) mass is 212 g/mol. The van der Waals surface area contributed by atoms with E-state index in [0.717, 1.165) is 0 Å². The highest BCUT2D eigenvalue weighted by atomic mass is 32.1. The van der Waals surface area contributed by atoms with Crippen LogP contribution in [0.1, 0.15) is 20.7 Å². The number of aldehydes is 1. The average Bonchev–Trinajstić information content (AvgIpc) is 2.18. The molecule has 0 aliphatic carbocycles. The van der Waals surface area contributed by atoms with Crippen LogP contribution >= 0.6 is 21.2 Å². The lowest BCUT2D eigenvalue weighted by Gasteiger charge is -2.01. The summed E-state index contributed by atoms with van der Waals surface area (Å²) in [4.78, 5) is 22.0. The van der Waals surface area contributed by atoms with Crippen molar-refractivity contribution in [2.24, 2.45) is 0 Å². The predicted octanol–water partition coefficient (Wildman–Crippen LogP) is 2.21. The molecule has 0 aliphatic rings. The Morgan fingerprint density at radius 2 is 2.15 bits per heavy atom. The van der Waals surface area contributed by atoms with Gasteiger partial charge >= 0.3 is 0 Å². The second kappa shape index (κ2) is 5.15. The van der Waals surface area contributed by atoms with Gasteiger partial charge in [-0.25, -0.2) is 0 Å². The molecule has 0 saturated heterocycles. The lowest BCUT2D eigenvalue weighted by molar-refractivity contribution is 0.107. The van der Waals surface area contributed by atoms with E-state index in [2.05, 4.69) is 12.6 Å². The first-order chi connectivity index (χ1) is 6.29. The predicted molar refractivity (Wildman–Crippen MR) is 58.3 cm³/mol. The number of carbonyl (C=O) groups is 2. The van der Waals surface area contributed by atoms with Crippen molar-refractivity contribution in [3.05, 3.63) is 35.4 Å². The molecule has 0 aromatic heterocycles. The molecule has 0 N–H and O–H groups in total. The molecule has 4 heteroatoms. The third kappa shape index (κ3) is 2.64. The molecule has 1 unspecified atom stereocenters. The van der Waals surface area contributed by atoms with Crippen molar-refractivity contribution >= 4 is 33.0 Å². The van der Waals surface area contributed by atoms with Gasteiger partial charge in [-0.2, -0.15) is 12.6 Å². The summed E-state index contributed by atoms with van der Waals surface area (Å²) >= 11 is 3.98. The quantitative estimate of drug-likeness (QED) is 0.471. The number of carbonyl (C=O) groups excluding carboxylic acids is 2. The number of benzene rings is 1. The fourth-order valence-electron chi connectivity index (χ4n) is 0.974. The van der Waals surface area contributed by atoms with E-state index >= 15 is 0 Å². The maximum atomic E-state index is 11.4. The van der Waals surface area contributed by atoms with Crippen LogP contribution in [0.2, 0.25) is 0 Å². The summed E-state index contributed by atoms with van der Waals surface area (Å²) in [5.41, 5.74) is 1.50. The molecule has 0 heterocycles. The summed E-state index contributed by atoms with van der Waals surface area (Å²) in [6.45, 7) is 0. The largest absolute Gasteiger partial charge is 0.298 e. The van der Waals surface area contributed by atoms with E-state index in [1.165, 1.54) is 0 Å². The van der Waals surface area contributed by atoms with Crippen LogP contribution in [0.5, 0.6) is 0 Å². The summed E-state index contributed by atoms with van der Waals surface area (Å²) in [6.07, 6.45) is 0.705. The minimum atomic E-state index is -0.00213. The number of hydrogen-bond acceptors (Lipinski definition) is 3. The van der Waals surface area contributed by atoms with Gasteiger partial charge in [-0.3, -0.25) is 9.59 Å². The van der Waals surface area contributed by atoms with Gasteiger partial charge in [0.2, 0.25) is 0 Å². The van der Waals surface area contributed by atoms with Gasteiger partial charge in [-0.1, -0.05) is 24.3 Å². The Kier molecular flexibility index (Phi) is 4.13. The molecule has 1 aromatic rings. The molecule has 0 bridgehead atoms. The van der Waals surface area contributed by atoms with Crippen molar-refractivity contribution in [2.75, 3.05) is 5.49 Å². The Morgan fingerprint density at radius 3 is 2.77 bits per heavy atom.